The van der Waals surface area contributed by atoms with Crippen LogP contribution in [0.4, 0.5) is 0 Å². The van der Waals surface area contributed by atoms with E-state index < -0.39 is 0 Å². The Hall–Kier alpha value is -1.09. The molecule has 0 radical (unpaired) electrons. The first-order chi connectivity index (χ1) is 12.6. The minimum Gasteiger partial charge on any atom is -0.340 e. The molecule has 1 aliphatic heterocycles. The lowest BCUT2D eigenvalue weighted by Gasteiger charge is -2.30. The molecule has 1 aliphatic carbocycles. The molecule has 1 amide bonds. The lowest BCUT2D eigenvalue weighted by atomic mass is 9.97. The average Bonchev–Trinajstić information content (AvgIpc) is 3.00. The van der Waals surface area contributed by atoms with Crippen LogP contribution in [0.5, 0.6) is 0 Å². The van der Waals surface area contributed by atoms with E-state index in [1.807, 2.05) is 4.90 Å². The molecule has 4 rings (SSSR count). The van der Waals surface area contributed by atoms with Gasteiger partial charge in [0.2, 0.25) is 5.91 Å². The number of nitrogens with zero attached hydrogens (tertiary/aromatic N) is 2. The minimum absolute atomic E-state index is 0. The maximum absolute atomic E-state index is 12.5. The summed E-state index contributed by atoms with van der Waals surface area (Å²) in [6.07, 6.45) is 6.37. The van der Waals surface area contributed by atoms with E-state index in [0.29, 0.717) is 23.9 Å². The van der Waals surface area contributed by atoms with E-state index >= 15 is 0 Å². The highest BCUT2D eigenvalue weighted by Crippen LogP contribution is 2.33. The number of carbonyl (C=O) groups is 1. The number of aromatic nitrogens is 2. The van der Waals surface area contributed by atoms with Crippen LogP contribution in [-0.2, 0) is 23.4 Å². The number of aromatic amines is 1. The third-order valence-electron chi connectivity index (χ3n) is 5.15. The molecule has 0 aromatic carbocycles. The van der Waals surface area contributed by atoms with Gasteiger partial charge in [-0.1, -0.05) is 0 Å². The van der Waals surface area contributed by atoms with E-state index in [0.717, 1.165) is 48.9 Å². The van der Waals surface area contributed by atoms with Gasteiger partial charge in [0, 0.05) is 24.0 Å². The number of nitrogens with one attached hydrogen (secondary N) is 1. The van der Waals surface area contributed by atoms with Gasteiger partial charge in [-0.3, -0.25) is 9.59 Å². The summed E-state index contributed by atoms with van der Waals surface area (Å²) < 4.78 is 0. The van der Waals surface area contributed by atoms with Crippen molar-refractivity contribution >= 4 is 51.6 Å². The van der Waals surface area contributed by atoms with Gasteiger partial charge < -0.3 is 15.6 Å². The van der Waals surface area contributed by atoms with Crippen LogP contribution in [0.15, 0.2) is 4.79 Å². The first-order valence-corrected chi connectivity index (χ1v) is 11.2. The Bertz CT molecular complexity index is 882. The third kappa shape index (κ3) is 4.50. The van der Waals surface area contributed by atoms with Gasteiger partial charge in [0.15, 0.2) is 0 Å². The van der Waals surface area contributed by atoms with Crippen LogP contribution in [0.2, 0.25) is 0 Å². The lowest BCUT2D eigenvalue weighted by Crippen LogP contribution is -2.46. The van der Waals surface area contributed by atoms with Crippen molar-refractivity contribution < 1.29 is 4.79 Å². The van der Waals surface area contributed by atoms with Crippen molar-refractivity contribution in [2.45, 2.75) is 50.3 Å². The lowest BCUT2D eigenvalue weighted by molar-refractivity contribution is -0.129. The van der Waals surface area contributed by atoms with Crippen molar-refractivity contribution in [1.29, 1.82) is 0 Å². The predicted octanol–water partition coefficient (Wildman–Crippen LogP) is 2.47. The molecule has 148 valence electrons. The molecule has 3 N–H and O–H groups in total. The second-order valence-corrected chi connectivity index (χ2v) is 9.21. The summed E-state index contributed by atoms with van der Waals surface area (Å²) in [5.74, 6) is 1.73. The summed E-state index contributed by atoms with van der Waals surface area (Å²) in [6, 6.07) is 0.1000. The number of thiophene rings is 1. The zero-order valence-electron chi connectivity index (χ0n) is 15.2. The number of fused-ring (bicyclic) bond motifs is 3. The van der Waals surface area contributed by atoms with Crippen molar-refractivity contribution in [2.75, 3.05) is 18.8 Å². The van der Waals surface area contributed by atoms with Gasteiger partial charge in [-0.2, -0.15) is 0 Å². The molecule has 2 aliphatic rings. The number of nitrogens with two attached hydrogens (primary N) is 1. The molecule has 9 heteroatoms. The fourth-order valence-electron chi connectivity index (χ4n) is 3.84. The second-order valence-electron chi connectivity index (χ2n) is 7.14. The van der Waals surface area contributed by atoms with E-state index in [-0.39, 0.29) is 29.9 Å². The van der Waals surface area contributed by atoms with Crippen LogP contribution in [0.25, 0.3) is 10.2 Å². The highest BCUT2D eigenvalue weighted by molar-refractivity contribution is 7.99. The van der Waals surface area contributed by atoms with Gasteiger partial charge in [0.05, 0.1) is 16.9 Å². The largest absolute Gasteiger partial charge is 0.340 e. The predicted molar refractivity (Wildman–Crippen MR) is 114 cm³/mol. The first kappa shape index (κ1) is 20.6. The zero-order chi connectivity index (χ0) is 18.1. The molecular weight excluding hydrogens is 404 g/mol. The van der Waals surface area contributed by atoms with Gasteiger partial charge in [-0.25, -0.2) is 4.98 Å². The van der Waals surface area contributed by atoms with E-state index in [4.69, 9.17) is 5.73 Å². The number of thioether (sulfide) groups is 1. The molecule has 1 atom stereocenters. The number of halogens is 1. The summed E-state index contributed by atoms with van der Waals surface area (Å²) in [5, 5.41) is 0.789. The number of hydrogen-bond donors (Lipinski definition) is 2. The number of carbonyl (C=O) groups excluding carboxylic acids is 1. The van der Waals surface area contributed by atoms with Crippen LogP contribution < -0.4 is 11.3 Å². The van der Waals surface area contributed by atoms with Gasteiger partial charge in [-0.15, -0.1) is 35.5 Å². The highest BCUT2D eigenvalue weighted by atomic mass is 35.5. The van der Waals surface area contributed by atoms with E-state index in [1.165, 1.54) is 28.6 Å². The Morgan fingerprint density at radius 2 is 2.15 bits per heavy atom. The normalized spacial score (nSPS) is 19.6. The van der Waals surface area contributed by atoms with Gasteiger partial charge in [0.1, 0.15) is 10.7 Å². The Balaban J connectivity index is 0.00000210. The van der Waals surface area contributed by atoms with E-state index in [9.17, 15) is 9.59 Å². The maximum Gasteiger partial charge on any atom is 0.259 e. The van der Waals surface area contributed by atoms with E-state index in [1.54, 1.807) is 11.3 Å². The molecule has 1 unspecified atom stereocenters. The summed E-state index contributed by atoms with van der Waals surface area (Å²) in [5.41, 5.74) is 7.12. The van der Waals surface area contributed by atoms with Crippen LogP contribution >= 0.6 is 35.5 Å². The molecular formula is C18H25ClN4O2S2. The standard InChI is InChI=1S/C18H24N4O2S2.ClH/c19-11-4-3-7-22(8-11)15(23)10-25-9-14-20-17(24)16-12-5-1-2-6-13(12)26-18(16)21-14;/h11H,1-10,19H2,(H,20,21,24);1H. The van der Waals surface area contributed by atoms with Crippen molar-refractivity contribution in [2.24, 2.45) is 5.73 Å². The van der Waals surface area contributed by atoms with Gasteiger partial charge in [0.25, 0.3) is 5.56 Å². The highest BCUT2D eigenvalue weighted by Gasteiger charge is 2.22. The summed E-state index contributed by atoms with van der Waals surface area (Å²) in [4.78, 5) is 36.4. The summed E-state index contributed by atoms with van der Waals surface area (Å²) >= 11 is 3.16. The fraction of sp³-hybridized carbons (Fsp3) is 0.611. The third-order valence-corrected chi connectivity index (χ3v) is 7.26. The average molecular weight is 429 g/mol. The van der Waals surface area contributed by atoms with Crippen LogP contribution in [0, 0.1) is 0 Å². The van der Waals surface area contributed by atoms with Crippen molar-refractivity contribution in [3.05, 3.63) is 26.6 Å². The topological polar surface area (TPSA) is 92.1 Å². The number of H-pyrrole nitrogens is 1. The molecule has 0 saturated carbocycles. The second kappa shape index (κ2) is 8.94. The molecule has 3 heterocycles. The van der Waals surface area contributed by atoms with Gasteiger partial charge >= 0.3 is 0 Å². The Morgan fingerprint density at radius 1 is 1.33 bits per heavy atom. The molecule has 27 heavy (non-hydrogen) atoms. The maximum atomic E-state index is 12.5. The number of likely N-dealkylation sites (tertiary alicyclic amines) is 1. The number of amides is 1. The summed E-state index contributed by atoms with van der Waals surface area (Å²) in [6.45, 7) is 1.45. The van der Waals surface area contributed by atoms with Crippen LogP contribution in [0.3, 0.4) is 0 Å². The Labute approximate surface area is 172 Å². The van der Waals surface area contributed by atoms with Crippen molar-refractivity contribution in [1.82, 2.24) is 14.9 Å². The molecule has 6 nitrogen and oxygen atoms in total. The number of rotatable bonds is 4. The van der Waals surface area contributed by atoms with Crippen LogP contribution in [0.1, 0.15) is 41.9 Å². The van der Waals surface area contributed by atoms with Crippen molar-refractivity contribution in [3.8, 4) is 0 Å². The van der Waals surface area contributed by atoms with Gasteiger partial charge in [-0.05, 0) is 44.1 Å². The Kier molecular flexibility index (Phi) is 6.83. The molecule has 2 aromatic heterocycles. The SMILES string of the molecule is Cl.NC1CCCN(C(=O)CSCc2nc3sc4c(c3c(=O)[nH]2)CCCC4)C1. The Morgan fingerprint density at radius 3 is 2.96 bits per heavy atom. The fourth-order valence-corrected chi connectivity index (χ4v) is 5.91. The monoisotopic (exact) mass is 428 g/mol. The molecule has 2 aromatic rings. The number of piperidine rings is 1. The molecule has 0 bridgehead atoms. The number of hydrogen-bond acceptors (Lipinski definition) is 6. The first-order valence-electron chi connectivity index (χ1n) is 9.26. The van der Waals surface area contributed by atoms with Crippen molar-refractivity contribution in [3.63, 3.8) is 0 Å². The van der Waals surface area contributed by atoms with Crippen LogP contribution in [-0.4, -0.2) is 45.7 Å². The zero-order valence-corrected chi connectivity index (χ0v) is 17.6. The number of aryl methyl sites for hydroxylation is 2. The molecule has 1 saturated heterocycles. The molecule has 1 fully saturated rings. The smallest absolute Gasteiger partial charge is 0.259 e. The van der Waals surface area contributed by atoms with E-state index in [2.05, 4.69) is 9.97 Å². The quantitative estimate of drug-likeness (QED) is 0.780. The minimum atomic E-state index is -0.0293. The summed E-state index contributed by atoms with van der Waals surface area (Å²) in [7, 11) is 0. The molecule has 0 spiro atoms.